The van der Waals surface area contributed by atoms with E-state index in [0.717, 1.165) is 16.9 Å². The van der Waals surface area contributed by atoms with Crippen LogP contribution in [0.5, 0.6) is 11.5 Å². The second-order valence-electron chi connectivity index (χ2n) is 4.57. The van der Waals surface area contributed by atoms with Gasteiger partial charge in [0.1, 0.15) is 11.5 Å². The maximum Gasteiger partial charge on any atom is 0.125 e. The molecule has 0 radical (unpaired) electrons. The largest absolute Gasteiger partial charge is 0.508 e. The van der Waals surface area contributed by atoms with Crippen LogP contribution in [0.15, 0.2) is 12.1 Å². The average molecular weight is 194 g/mol. The minimum Gasteiger partial charge on any atom is -0.508 e. The average Bonchev–Trinajstić information content (AvgIpc) is 2.07. The third kappa shape index (κ3) is 2.00. The van der Waals surface area contributed by atoms with Crippen molar-refractivity contribution < 1.29 is 9.84 Å². The molecule has 0 spiro atoms. The topological polar surface area (TPSA) is 29.5 Å². The highest BCUT2D eigenvalue weighted by Gasteiger charge is 2.17. The molecule has 0 aliphatic carbocycles. The maximum atomic E-state index is 9.70. The number of hydrogen-bond acceptors (Lipinski definition) is 2. The molecule has 0 bridgehead atoms. The van der Waals surface area contributed by atoms with Crippen LogP contribution in [0.4, 0.5) is 0 Å². The number of ether oxygens (including phenoxy) is 1. The van der Waals surface area contributed by atoms with E-state index in [1.165, 1.54) is 0 Å². The van der Waals surface area contributed by atoms with Crippen LogP contribution in [-0.2, 0) is 5.41 Å². The zero-order chi connectivity index (χ0) is 10.9. The van der Waals surface area contributed by atoms with Crippen molar-refractivity contribution in [3.8, 4) is 11.5 Å². The normalized spacial score (nSPS) is 11.5. The highest BCUT2D eigenvalue weighted by molar-refractivity contribution is 5.48. The smallest absolute Gasteiger partial charge is 0.125 e. The highest BCUT2D eigenvalue weighted by atomic mass is 16.5. The van der Waals surface area contributed by atoms with E-state index in [0.29, 0.717) is 5.75 Å². The number of phenols is 1. The number of rotatable bonds is 1. The SMILES string of the molecule is COc1cc(C(C)(C)C)cc(O)c1C. The Balaban J connectivity index is 3.30. The standard InChI is InChI=1S/C12H18O2/c1-8-10(13)6-9(12(2,3)4)7-11(8)14-5/h6-7,13H,1-5H3. The summed E-state index contributed by atoms with van der Waals surface area (Å²) in [5.74, 6) is 1.05. The monoisotopic (exact) mass is 194 g/mol. The third-order valence-electron chi connectivity index (χ3n) is 2.42. The first kappa shape index (κ1) is 10.9. The third-order valence-corrected chi connectivity index (χ3v) is 2.42. The van der Waals surface area contributed by atoms with Gasteiger partial charge in [0.15, 0.2) is 0 Å². The lowest BCUT2D eigenvalue weighted by atomic mass is 9.86. The molecule has 78 valence electrons. The first-order valence-corrected chi connectivity index (χ1v) is 4.74. The molecule has 0 aliphatic heterocycles. The minimum atomic E-state index is 0.0263. The Labute approximate surface area is 85.5 Å². The van der Waals surface area contributed by atoms with Crippen molar-refractivity contribution in [2.75, 3.05) is 7.11 Å². The van der Waals surface area contributed by atoms with Crippen LogP contribution in [0.2, 0.25) is 0 Å². The quantitative estimate of drug-likeness (QED) is 0.744. The van der Waals surface area contributed by atoms with Gasteiger partial charge in [-0.1, -0.05) is 20.8 Å². The molecule has 1 N–H and O–H groups in total. The Morgan fingerprint density at radius 2 is 1.79 bits per heavy atom. The molecule has 1 aromatic carbocycles. The van der Waals surface area contributed by atoms with E-state index >= 15 is 0 Å². The number of phenolic OH excluding ortho intramolecular Hbond substituents is 1. The minimum absolute atomic E-state index is 0.0263. The van der Waals surface area contributed by atoms with Crippen molar-refractivity contribution in [3.05, 3.63) is 23.3 Å². The number of benzene rings is 1. The van der Waals surface area contributed by atoms with Gasteiger partial charge in [-0.05, 0) is 30.0 Å². The van der Waals surface area contributed by atoms with Gasteiger partial charge < -0.3 is 9.84 Å². The van der Waals surface area contributed by atoms with Crippen molar-refractivity contribution in [1.29, 1.82) is 0 Å². The first-order valence-electron chi connectivity index (χ1n) is 4.74. The van der Waals surface area contributed by atoms with E-state index in [-0.39, 0.29) is 5.41 Å². The molecule has 0 amide bonds. The van der Waals surface area contributed by atoms with Gasteiger partial charge >= 0.3 is 0 Å². The zero-order valence-corrected chi connectivity index (χ0v) is 9.51. The fourth-order valence-corrected chi connectivity index (χ4v) is 1.32. The van der Waals surface area contributed by atoms with E-state index in [1.54, 1.807) is 13.2 Å². The van der Waals surface area contributed by atoms with Gasteiger partial charge in [0.25, 0.3) is 0 Å². The molecule has 0 fully saturated rings. The maximum absolute atomic E-state index is 9.70. The van der Waals surface area contributed by atoms with Crippen molar-refractivity contribution in [1.82, 2.24) is 0 Å². The van der Waals surface area contributed by atoms with Crippen molar-refractivity contribution in [2.24, 2.45) is 0 Å². The Bertz CT molecular complexity index is 335. The molecule has 2 heteroatoms. The molecule has 0 aromatic heterocycles. The first-order chi connectivity index (χ1) is 6.36. The summed E-state index contributed by atoms with van der Waals surface area (Å²) in [6, 6.07) is 3.78. The Morgan fingerprint density at radius 3 is 2.21 bits per heavy atom. The molecule has 0 aliphatic rings. The second kappa shape index (κ2) is 3.52. The van der Waals surface area contributed by atoms with Crippen LogP contribution in [-0.4, -0.2) is 12.2 Å². The lowest BCUT2D eigenvalue weighted by molar-refractivity contribution is 0.399. The summed E-state index contributed by atoms with van der Waals surface area (Å²) >= 11 is 0. The zero-order valence-electron chi connectivity index (χ0n) is 9.51. The summed E-state index contributed by atoms with van der Waals surface area (Å²) in [4.78, 5) is 0. The molecule has 0 saturated carbocycles. The predicted molar refractivity (Wildman–Crippen MR) is 58.1 cm³/mol. The lowest BCUT2D eigenvalue weighted by Gasteiger charge is -2.21. The van der Waals surface area contributed by atoms with Crippen LogP contribution in [0.3, 0.4) is 0 Å². The van der Waals surface area contributed by atoms with Crippen LogP contribution < -0.4 is 4.74 Å². The van der Waals surface area contributed by atoms with Gasteiger partial charge in [-0.15, -0.1) is 0 Å². The number of aromatic hydroxyl groups is 1. The highest BCUT2D eigenvalue weighted by Crippen LogP contribution is 2.33. The summed E-state index contributed by atoms with van der Waals surface area (Å²) in [7, 11) is 1.62. The van der Waals surface area contributed by atoms with Gasteiger partial charge in [0, 0.05) is 5.56 Å². The molecule has 0 atom stereocenters. The lowest BCUT2D eigenvalue weighted by Crippen LogP contribution is -2.11. The second-order valence-corrected chi connectivity index (χ2v) is 4.57. The number of methoxy groups -OCH3 is 1. The Hall–Kier alpha value is -1.18. The molecule has 1 rings (SSSR count). The fourth-order valence-electron chi connectivity index (χ4n) is 1.32. The Morgan fingerprint density at radius 1 is 1.21 bits per heavy atom. The van der Waals surface area contributed by atoms with E-state index in [1.807, 2.05) is 13.0 Å². The van der Waals surface area contributed by atoms with E-state index in [4.69, 9.17) is 4.74 Å². The van der Waals surface area contributed by atoms with Gasteiger partial charge in [-0.25, -0.2) is 0 Å². The molecule has 0 saturated heterocycles. The molecular weight excluding hydrogens is 176 g/mol. The van der Waals surface area contributed by atoms with E-state index in [9.17, 15) is 5.11 Å². The van der Waals surface area contributed by atoms with E-state index in [2.05, 4.69) is 20.8 Å². The molecule has 1 aromatic rings. The number of hydrogen-bond donors (Lipinski definition) is 1. The summed E-state index contributed by atoms with van der Waals surface area (Å²) in [5.41, 5.74) is 1.90. The van der Waals surface area contributed by atoms with Gasteiger partial charge in [0.05, 0.1) is 7.11 Å². The molecule has 0 unspecified atom stereocenters. The summed E-state index contributed by atoms with van der Waals surface area (Å²) in [6.45, 7) is 8.17. The van der Waals surface area contributed by atoms with Crippen molar-refractivity contribution >= 4 is 0 Å². The van der Waals surface area contributed by atoms with Crippen LogP contribution in [0.1, 0.15) is 31.9 Å². The van der Waals surface area contributed by atoms with Gasteiger partial charge in [0.2, 0.25) is 0 Å². The van der Waals surface area contributed by atoms with Gasteiger partial charge in [-0.2, -0.15) is 0 Å². The van der Waals surface area contributed by atoms with Crippen LogP contribution in [0.25, 0.3) is 0 Å². The van der Waals surface area contributed by atoms with Crippen LogP contribution in [0, 0.1) is 6.92 Å². The Kier molecular flexibility index (Phi) is 2.74. The summed E-state index contributed by atoms with van der Waals surface area (Å²) < 4.78 is 5.20. The fraction of sp³-hybridized carbons (Fsp3) is 0.500. The van der Waals surface area contributed by atoms with Gasteiger partial charge in [-0.3, -0.25) is 0 Å². The molecule has 14 heavy (non-hydrogen) atoms. The van der Waals surface area contributed by atoms with Crippen LogP contribution >= 0.6 is 0 Å². The summed E-state index contributed by atoms with van der Waals surface area (Å²) in [5, 5.41) is 9.70. The van der Waals surface area contributed by atoms with Crippen molar-refractivity contribution in [2.45, 2.75) is 33.1 Å². The molecule has 0 heterocycles. The molecular formula is C12H18O2. The predicted octanol–water partition coefficient (Wildman–Crippen LogP) is 3.01. The summed E-state index contributed by atoms with van der Waals surface area (Å²) in [6.07, 6.45) is 0. The van der Waals surface area contributed by atoms with Crippen molar-refractivity contribution in [3.63, 3.8) is 0 Å². The molecule has 2 nitrogen and oxygen atoms in total. The van der Waals surface area contributed by atoms with E-state index < -0.39 is 0 Å².